The van der Waals surface area contributed by atoms with Gasteiger partial charge < -0.3 is 14.8 Å². The summed E-state index contributed by atoms with van der Waals surface area (Å²) < 4.78 is 38.0. The number of non-ortho nitro benzene ring substituents is 1. The van der Waals surface area contributed by atoms with E-state index in [1.807, 2.05) is 0 Å². The number of nitro benzene ring substituents is 1. The molecule has 0 bridgehead atoms. The lowest BCUT2D eigenvalue weighted by molar-refractivity contribution is -0.385. The zero-order chi connectivity index (χ0) is 14.9. The van der Waals surface area contributed by atoms with Crippen molar-refractivity contribution in [2.45, 2.75) is 25.7 Å². The van der Waals surface area contributed by atoms with Crippen molar-refractivity contribution in [2.75, 3.05) is 18.5 Å². The summed E-state index contributed by atoms with van der Waals surface area (Å²) in [5.74, 6) is -2.76. The minimum absolute atomic E-state index is 0.134. The number of ether oxygens (including phenoxy) is 2. The summed E-state index contributed by atoms with van der Waals surface area (Å²) in [6.45, 7) is 3.91. The third-order valence-electron chi connectivity index (χ3n) is 2.81. The second kappa shape index (κ2) is 5.29. The molecule has 8 heteroatoms. The SMILES string of the molecule is CC1(C)OCC(CNc2c(F)cc([N+](=O)[O-])cc2F)O1. The van der Waals surface area contributed by atoms with E-state index in [1.54, 1.807) is 13.8 Å². The Balaban J connectivity index is 2.05. The fourth-order valence-corrected chi connectivity index (χ4v) is 1.91. The van der Waals surface area contributed by atoms with Gasteiger partial charge in [-0.05, 0) is 13.8 Å². The molecule has 0 spiro atoms. The molecule has 1 aromatic carbocycles. The molecule has 0 radical (unpaired) electrons. The maximum absolute atomic E-state index is 13.6. The van der Waals surface area contributed by atoms with Crippen LogP contribution in [0.3, 0.4) is 0 Å². The van der Waals surface area contributed by atoms with Gasteiger partial charge >= 0.3 is 0 Å². The second-order valence-electron chi connectivity index (χ2n) is 4.87. The average Bonchev–Trinajstić information content (AvgIpc) is 2.67. The van der Waals surface area contributed by atoms with Crippen molar-refractivity contribution in [2.24, 2.45) is 0 Å². The van der Waals surface area contributed by atoms with E-state index in [4.69, 9.17) is 9.47 Å². The lowest BCUT2D eigenvalue weighted by atomic mass is 10.2. The summed E-state index contributed by atoms with van der Waals surface area (Å²) in [5.41, 5.74) is -1.05. The first-order valence-corrected chi connectivity index (χ1v) is 5.97. The predicted octanol–water partition coefficient (Wildman–Crippen LogP) is 2.44. The molecule has 2 rings (SSSR count). The molecule has 0 aromatic heterocycles. The Labute approximate surface area is 113 Å². The van der Waals surface area contributed by atoms with Gasteiger partial charge in [0.25, 0.3) is 5.69 Å². The molecule has 110 valence electrons. The van der Waals surface area contributed by atoms with Crippen LogP contribution < -0.4 is 5.32 Å². The predicted molar refractivity (Wildman–Crippen MR) is 66.4 cm³/mol. The second-order valence-corrected chi connectivity index (χ2v) is 4.87. The Morgan fingerprint density at radius 3 is 2.50 bits per heavy atom. The van der Waals surface area contributed by atoms with Crippen molar-refractivity contribution in [1.82, 2.24) is 0 Å². The van der Waals surface area contributed by atoms with Gasteiger partial charge in [0.1, 0.15) is 11.8 Å². The summed E-state index contributed by atoms with van der Waals surface area (Å²) in [6, 6.07) is 1.34. The molecule has 1 aliphatic heterocycles. The van der Waals surface area contributed by atoms with Gasteiger partial charge in [-0.2, -0.15) is 0 Å². The van der Waals surface area contributed by atoms with E-state index >= 15 is 0 Å². The van der Waals surface area contributed by atoms with Crippen molar-refractivity contribution in [3.8, 4) is 0 Å². The number of rotatable bonds is 4. The van der Waals surface area contributed by atoms with Crippen molar-refractivity contribution >= 4 is 11.4 Å². The van der Waals surface area contributed by atoms with Gasteiger partial charge in [0, 0.05) is 6.54 Å². The molecule has 0 saturated carbocycles. The average molecular weight is 288 g/mol. The molecule has 1 unspecified atom stereocenters. The Morgan fingerprint density at radius 2 is 2.05 bits per heavy atom. The van der Waals surface area contributed by atoms with Crippen molar-refractivity contribution in [3.05, 3.63) is 33.9 Å². The quantitative estimate of drug-likeness (QED) is 0.680. The standard InChI is InChI=1S/C12H14F2N2O4/c1-12(2)19-6-8(20-12)5-15-11-9(13)3-7(16(17)18)4-10(11)14/h3-4,8,15H,5-6H2,1-2H3. The molecular weight excluding hydrogens is 274 g/mol. The molecule has 1 aliphatic rings. The van der Waals surface area contributed by atoms with Gasteiger partial charge in [-0.15, -0.1) is 0 Å². The Bertz CT molecular complexity index is 513. The number of benzene rings is 1. The van der Waals surface area contributed by atoms with Crippen LogP contribution in [0.1, 0.15) is 13.8 Å². The lowest BCUT2D eigenvalue weighted by Gasteiger charge is -2.17. The highest BCUT2D eigenvalue weighted by Gasteiger charge is 2.32. The number of nitrogens with zero attached hydrogens (tertiary/aromatic N) is 1. The zero-order valence-electron chi connectivity index (χ0n) is 11.0. The van der Waals surface area contributed by atoms with Gasteiger partial charge in [-0.25, -0.2) is 8.78 Å². The Hall–Kier alpha value is -1.80. The molecule has 0 amide bonds. The molecule has 1 atom stereocenters. The van der Waals surface area contributed by atoms with Gasteiger partial charge in [0.2, 0.25) is 0 Å². The zero-order valence-corrected chi connectivity index (χ0v) is 11.0. The fraction of sp³-hybridized carbons (Fsp3) is 0.500. The van der Waals surface area contributed by atoms with Gasteiger partial charge in [-0.3, -0.25) is 10.1 Å². The van der Waals surface area contributed by atoms with E-state index in [0.717, 1.165) is 0 Å². The van der Waals surface area contributed by atoms with E-state index in [2.05, 4.69) is 5.32 Å². The van der Waals surface area contributed by atoms with Gasteiger partial charge in [-0.1, -0.05) is 0 Å². The topological polar surface area (TPSA) is 73.6 Å². The number of nitro groups is 1. The van der Waals surface area contributed by atoms with Crippen LogP contribution in [-0.4, -0.2) is 30.0 Å². The van der Waals surface area contributed by atoms with Crippen LogP contribution in [0, 0.1) is 21.7 Å². The summed E-state index contributed by atoms with van der Waals surface area (Å²) in [4.78, 5) is 9.62. The van der Waals surface area contributed by atoms with Gasteiger partial charge in [0.05, 0.1) is 23.7 Å². The number of halogens is 2. The van der Waals surface area contributed by atoms with Crippen LogP contribution in [0.15, 0.2) is 12.1 Å². The molecule has 20 heavy (non-hydrogen) atoms. The van der Waals surface area contributed by atoms with E-state index < -0.39 is 33.7 Å². The number of hydrogen-bond donors (Lipinski definition) is 1. The first kappa shape index (κ1) is 14.6. The van der Waals surface area contributed by atoms with Crippen LogP contribution >= 0.6 is 0 Å². The molecule has 0 aliphatic carbocycles. The number of anilines is 1. The highest BCUT2D eigenvalue weighted by atomic mass is 19.1. The minimum atomic E-state index is -1.02. The molecular formula is C12H14F2N2O4. The molecule has 6 nitrogen and oxygen atoms in total. The van der Waals surface area contributed by atoms with Gasteiger partial charge in [0.15, 0.2) is 17.4 Å². The highest BCUT2D eigenvalue weighted by Crippen LogP contribution is 2.26. The third kappa shape index (κ3) is 3.20. The van der Waals surface area contributed by atoms with E-state index in [9.17, 15) is 18.9 Å². The molecule has 1 heterocycles. The Morgan fingerprint density at radius 1 is 1.45 bits per heavy atom. The van der Waals surface area contributed by atoms with Crippen molar-refractivity contribution in [1.29, 1.82) is 0 Å². The monoisotopic (exact) mass is 288 g/mol. The Kier molecular flexibility index (Phi) is 3.87. The first-order valence-electron chi connectivity index (χ1n) is 5.97. The number of nitrogens with one attached hydrogen (secondary N) is 1. The van der Waals surface area contributed by atoms with Crippen LogP contribution in [-0.2, 0) is 9.47 Å². The fourth-order valence-electron chi connectivity index (χ4n) is 1.91. The highest BCUT2D eigenvalue weighted by molar-refractivity contribution is 5.51. The summed E-state index contributed by atoms with van der Waals surface area (Å²) in [7, 11) is 0. The molecule has 1 aromatic rings. The summed E-state index contributed by atoms with van der Waals surface area (Å²) in [6.07, 6.45) is -0.348. The van der Waals surface area contributed by atoms with E-state index in [-0.39, 0.29) is 12.6 Å². The van der Waals surface area contributed by atoms with Crippen molar-refractivity contribution in [3.63, 3.8) is 0 Å². The molecule has 1 saturated heterocycles. The minimum Gasteiger partial charge on any atom is -0.378 e. The number of hydrogen-bond acceptors (Lipinski definition) is 5. The van der Waals surface area contributed by atoms with Crippen LogP contribution in [0.2, 0.25) is 0 Å². The summed E-state index contributed by atoms with van der Waals surface area (Å²) in [5, 5.41) is 13.0. The van der Waals surface area contributed by atoms with Crippen LogP contribution in [0.25, 0.3) is 0 Å². The van der Waals surface area contributed by atoms with Crippen molar-refractivity contribution < 1.29 is 23.2 Å². The maximum atomic E-state index is 13.6. The summed E-state index contributed by atoms with van der Waals surface area (Å²) >= 11 is 0. The van der Waals surface area contributed by atoms with Crippen LogP contribution in [0.5, 0.6) is 0 Å². The van der Waals surface area contributed by atoms with Crippen LogP contribution in [0.4, 0.5) is 20.2 Å². The largest absolute Gasteiger partial charge is 0.378 e. The normalized spacial score (nSPS) is 20.9. The lowest BCUT2D eigenvalue weighted by Crippen LogP contribution is -2.26. The smallest absolute Gasteiger partial charge is 0.275 e. The van der Waals surface area contributed by atoms with E-state index in [1.165, 1.54) is 0 Å². The van der Waals surface area contributed by atoms with E-state index in [0.29, 0.717) is 18.7 Å². The molecule has 1 fully saturated rings. The maximum Gasteiger partial charge on any atom is 0.275 e. The first-order chi connectivity index (χ1) is 9.28. The molecule has 1 N–H and O–H groups in total. The third-order valence-corrected chi connectivity index (χ3v) is 2.81.